The number of carboxylic acids is 1. The maximum absolute atomic E-state index is 12.9. The normalized spacial score (nSPS) is 14.3. The minimum Gasteiger partial charge on any atom is -0.480 e. The molecule has 35 heavy (non-hydrogen) atoms. The first-order chi connectivity index (χ1) is 16.4. The molecule has 14 heteroatoms. The summed E-state index contributed by atoms with van der Waals surface area (Å²) in [5.74, 6) is -3.04. The van der Waals surface area contributed by atoms with E-state index in [2.05, 4.69) is 30.9 Å². The molecule has 14 nitrogen and oxygen atoms in total. The van der Waals surface area contributed by atoms with E-state index in [0.717, 1.165) is 0 Å². The Bertz CT molecular complexity index is 869. The molecule has 0 saturated heterocycles. The van der Waals surface area contributed by atoms with Crippen LogP contribution in [-0.2, 0) is 25.6 Å². The van der Waals surface area contributed by atoms with E-state index in [1.807, 2.05) is 13.8 Å². The largest absolute Gasteiger partial charge is 0.480 e. The summed E-state index contributed by atoms with van der Waals surface area (Å²) in [4.78, 5) is 59.9. The molecule has 0 aromatic carbocycles. The van der Waals surface area contributed by atoms with Gasteiger partial charge in [0.2, 0.25) is 17.7 Å². The second kappa shape index (κ2) is 14.6. The monoisotopic (exact) mass is 495 g/mol. The van der Waals surface area contributed by atoms with Gasteiger partial charge < -0.3 is 43.2 Å². The second-order valence-electron chi connectivity index (χ2n) is 8.66. The molecule has 1 aromatic heterocycles. The first-order valence-electron chi connectivity index (χ1n) is 11.3. The van der Waals surface area contributed by atoms with Gasteiger partial charge in [0.25, 0.3) is 0 Å². The van der Waals surface area contributed by atoms with Gasteiger partial charge in [0, 0.05) is 24.9 Å². The van der Waals surface area contributed by atoms with Crippen LogP contribution in [0.3, 0.4) is 0 Å². The molecule has 4 unspecified atom stereocenters. The van der Waals surface area contributed by atoms with Gasteiger partial charge in [-0.2, -0.15) is 0 Å². The number of imidazole rings is 1. The lowest BCUT2D eigenvalue weighted by Gasteiger charge is -2.24. The average Bonchev–Trinajstić information content (AvgIpc) is 3.28. The van der Waals surface area contributed by atoms with Crippen LogP contribution in [0.25, 0.3) is 0 Å². The van der Waals surface area contributed by atoms with Gasteiger partial charge in [-0.3, -0.25) is 19.4 Å². The molecule has 0 bridgehead atoms. The fraction of sp³-hybridized carbons (Fsp3) is 0.619. The van der Waals surface area contributed by atoms with Crippen LogP contribution < -0.4 is 33.2 Å². The molecule has 1 aromatic rings. The first kappa shape index (κ1) is 29.4. The van der Waals surface area contributed by atoms with Crippen molar-refractivity contribution in [2.75, 3.05) is 6.54 Å². The quantitative estimate of drug-likeness (QED) is 0.0756. The van der Waals surface area contributed by atoms with E-state index >= 15 is 0 Å². The van der Waals surface area contributed by atoms with Gasteiger partial charge in [0.15, 0.2) is 5.96 Å². The second-order valence-corrected chi connectivity index (χ2v) is 8.66. The number of hydrogen-bond acceptors (Lipinski definition) is 7. The maximum Gasteiger partial charge on any atom is 0.326 e. The molecular formula is C21H37N9O5. The topological polar surface area (TPSA) is 244 Å². The third kappa shape index (κ3) is 11.3. The van der Waals surface area contributed by atoms with E-state index in [1.165, 1.54) is 19.4 Å². The van der Waals surface area contributed by atoms with Gasteiger partial charge in [-0.25, -0.2) is 9.78 Å². The lowest BCUT2D eigenvalue weighted by atomic mass is 10.0. The molecule has 0 fully saturated rings. The number of aromatic nitrogens is 2. The summed E-state index contributed by atoms with van der Waals surface area (Å²) in [6.07, 6.45) is 3.92. The van der Waals surface area contributed by atoms with Crippen molar-refractivity contribution >= 4 is 29.7 Å². The standard InChI is InChI=1S/C21H37N9O5/c1-11(2)7-15(19(33)30-16(20(34)35)8-13-9-25-10-27-13)29-17(31)12(3)28-18(32)14(22)5-4-6-26-21(23)24/h9-12,14-16H,4-8,22H2,1-3H3,(H,25,27)(H,28,32)(H,29,31)(H,30,33)(H,34,35)(H4,23,24,26). The van der Waals surface area contributed by atoms with Crippen LogP contribution in [0.4, 0.5) is 0 Å². The molecule has 0 radical (unpaired) electrons. The molecule has 11 N–H and O–H groups in total. The van der Waals surface area contributed by atoms with Crippen LogP contribution in [0, 0.1) is 5.92 Å². The van der Waals surface area contributed by atoms with Crippen LogP contribution in [-0.4, -0.2) is 75.4 Å². The molecule has 196 valence electrons. The van der Waals surface area contributed by atoms with Crippen molar-refractivity contribution in [3.63, 3.8) is 0 Å². The minimum atomic E-state index is -1.22. The Hall–Kier alpha value is -3.68. The highest BCUT2D eigenvalue weighted by molar-refractivity contribution is 5.93. The van der Waals surface area contributed by atoms with Gasteiger partial charge in [0.1, 0.15) is 18.1 Å². The zero-order valence-corrected chi connectivity index (χ0v) is 20.3. The highest BCUT2D eigenvalue weighted by Gasteiger charge is 2.29. The summed E-state index contributed by atoms with van der Waals surface area (Å²) in [6, 6.07) is -4.07. The van der Waals surface area contributed by atoms with Crippen LogP contribution in [0.2, 0.25) is 0 Å². The van der Waals surface area contributed by atoms with Gasteiger partial charge in [-0.1, -0.05) is 13.8 Å². The van der Waals surface area contributed by atoms with Crippen molar-refractivity contribution in [1.29, 1.82) is 0 Å². The SMILES string of the molecule is CC(C)CC(NC(=O)C(C)NC(=O)C(N)CCCN=C(N)N)C(=O)NC(Cc1cnc[nH]1)C(=O)O. The summed E-state index contributed by atoms with van der Waals surface area (Å²) >= 11 is 0. The molecule has 0 spiro atoms. The average molecular weight is 496 g/mol. The highest BCUT2D eigenvalue weighted by Crippen LogP contribution is 2.07. The summed E-state index contributed by atoms with van der Waals surface area (Å²) in [5.41, 5.74) is 16.9. The first-order valence-corrected chi connectivity index (χ1v) is 11.3. The molecule has 0 aliphatic carbocycles. The molecular weight excluding hydrogens is 458 g/mol. The predicted molar refractivity (Wildman–Crippen MR) is 129 cm³/mol. The number of carboxylic acid groups (broad SMARTS) is 1. The van der Waals surface area contributed by atoms with E-state index < -0.39 is 47.9 Å². The number of H-pyrrole nitrogens is 1. The van der Waals surface area contributed by atoms with Crippen molar-refractivity contribution in [2.45, 2.75) is 70.6 Å². The molecule has 0 aliphatic rings. The number of nitrogens with zero attached hydrogens (tertiary/aromatic N) is 2. The number of guanidine groups is 1. The fourth-order valence-electron chi connectivity index (χ4n) is 3.12. The Morgan fingerprint density at radius 2 is 1.71 bits per heavy atom. The van der Waals surface area contributed by atoms with Crippen molar-refractivity contribution in [1.82, 2.24) is 25.9 Å². The number of aliphatic imine (C=N–C) groups is 1. The molecule has 3 amide bonds. The number of nitrogens with two attached hydrogens (primary N) is 3. The molecule has 4 atom stereocenters. The fourth-order valence-corrected chi connectivity index (χ4v) is 3.12. The van der Waals surface area contributed by atoms with E-state index in [0.29, 0.717) is 25.1 Å². The lowest BCUT2D eigenvalue weighted by Crippen LogP contribution is -2.56. The zero-order chi connectivity index (χ0) is 26.5. The number of aromatic amines is 1. The van der Waals surface area contributed by atoms with Gasteiger partial charge >= 0.3 is 5.97 Å². The van der Waals surface area contributed by atoms with Crippen molar-refractivity contribution < 1.29 is 24.3 Å². The van der Waals surface area contributed by atoms with Crippen LogP contribution in [0.5, 0.6) is 0 Å². The Balaban J connectivity index is 2.71. The van der Waals surface area contributed by atoms with Crippen molar-refractivity contribution in [3.8, 4) is 0 Å². The number of amides is 3. The smallest absolute Gasteiger partial charge is 0.326 e. The Morgan fingerprint density at radius 1 is 1.06 bits per heavy atom. The molecule has 0 aliphatic heterocycles. The summed E-state index contributed by atoms with van der Waals surface area (Å²) in [5, 5.41) is 17.1. The lowest BCUT2D eigenvalue weighted by molar-refractivity contribution is -0.142. The minimum absolute atomic E-state index is 0.00302. The van der Waals surface area contributed by atoms with Crippen LogP contribution >= 0.6 is 0 Å². The maximum atomic E-state index is 12.9. The van der Waals surface area contributed by atoms with Gasteiger partial charge in [-0.15, -0.1) is 0 Å². The van der Waals surface area contributed by atoms with E-state index in [-0.39, 0.29) is 24.7 Å². The number of rotatable bonds is 15. The predicted octanol–water partition coefficient (Wildman–Crippen LogP) is -2.06. The van der Waals surface area contributed by atoms with E-state index in [9.17, 15) is 24.3 Å². The van der Waals surface area contributed by atoms with Crippen molar-refractivity contribution in [2.24, 2.45) is 28.1 Å². The van der Waals surface area contributed by atoms with Gasteiger partial charge in [0.05, 0.1) is 12.4 Å². The Labute approximate surface area is 203 Å². The Morgan fingerprint density at radius 3 is 2.26 bits per heavy atom. The summed E-state index contributed by atoms with van der Waals surface area (Å²) in [6.45, 7) is 5.50. The van der Waals surface area contributed by atoms with E-state index in [4.69, 9.17) is 17.2 Å². The highest BCUT2D eigenvalue weighted by atomic mass is 16.4. The number of aliphatic carboxylic acids is 1. The third-order valence-electron chi connectivity index (χ3n) is 4.99. The van der Waals surface area contributed by atoms with E-state index in [1.54, 1.807) is 0 Å². The Kier molecular flexibility index (Phi) is 12.2. The molecule has 0 saturated carbocycles. The molecule has 1 heterocycles. The number of nitrogens with one attached hydrogen (secondary N) is 4. The number of carbonyl (C=O) groups excluding carboxylic acids is 3. The van der Waals surface area contributed by atoms with Crippen molar-refractivity contribution in [3.05, 3.63) is 18.2 Å². The zero-order valence-electron chi connectivity index (χ0n) is 20.3. The van der Waals surface area contributed by atoms with Crippen LogP contribution in [0.1, 0.15) is 45.7 Å². The number of carbonyl (C=O) groups is 4. The summed E-state index contributed by atoms with van der Waals surface area (Å²) in [7, 11) is 0. The van der Waals surface area contributed by atoms with Gasteiger partial charge in [-0.05, 0) is 32.1 Å². The summed E-state index contributed by atoms with van der Waals surface area (Å²) < 4.78 is 0. The third-order valence-corrected chi connectivity index (χ3v) is 4.99. The molecule has 1 rings (SSSR count). The number of hydrogen-bond donors (Lipinski definition) is 8. The van der Waals surface area contributed by atoms with Crippen LogP contribution in [0.15, 0.2) is 17.5 Å².